The van der Waals surface area contributed by atoms with E-state index in [1.807, 2.05) is 0 Å². The Hall–Kier alpha value is -4.16. The van der Waals surface area contributed by atoms with Crippen LogP contribution in [0, 0.1) is 5.82 Å². The van der Waals surface area contributed by atoms with Gasteiger partial charge in [-0.15, -0.1) is 0 Å². The zero-order valence-corrected chi connectivity index (χ0v) is 22.8. The molecule has 8 nitrogen and oxygen atoms in total. The van der Waals surface area contributed by atoms with Crippen LogP contribution in [0.15, 0.2) is 72.8 Å². The first-order valence-corrected chi connectivity index (χ1v) is 13.1. The molecule has 0 heterocycles. The number of benzene rings is 3. The summed E-state index contributed by atoms with van der Waals surface area (Å²) in [5.41, 5.74) is 0.602. The van der Waals surface area contributed by atoms with E-state index in [-0.39, 0.29) is 57.5 Å². The van der Waals surface area contributed by atoms with Gasteiger partial charge in [-0.25, -0.2) is 14.0 Å². The van der Waals surface area contributed by atoms with Crippen LogP contribution < -0.4 is 9.47 Å². The van der Waals surface area contributed by atoms with Crippen molar-refractivity contribution in [1.82, 2.24) is 4.90 Å². The molecule has 0 aliphatic heterocycles. The lowest BCUT2D eigenvalue weighted by Crippen LogP contribution is -2.39. The highest BCUT2D eigenvalue weighted by Crippen LogP contribution is 2.30. The highest BCUT2D eigenvalue weighted by atomic mass is 19.4. The molecule has 0 saturated heterocycles. The lowest BCUT2D eigenvalue weighted by molar-refractivity contribution is -0.150. The van der Waals surface area contributed by atoms with Crippen molar-refractivity contribution >= 4 is 12.1 Å². The Balaban J connectivity index is 1.57. The molecule has 12 heteroatoms. The maximum absolute atomic E-state index is 13.1. The molecular formula is C30H31F4NO7. The van der Waals surface area contributed by atoms with Crippen LogP contribution in [0.2, 0.25) is 0 Å². The van der Waals surface area contributed by atoms with Gasteiger partial charge in [0.15, 0.2) is 6.10 Å². The predicted molar refractivity (Wildman–Crippen MR) is 144 cm³/mol. The van der Waals surface area contributed by atoms with E-state index < -0.39 is 29.9 Å². The third kappa shape index (κ3) is 10.7. The molecule has 1 atom stereocenters. The predicted octanol–water partition coefficient (Wildman–Crippen LogP) is 5.97. The van der Waals surface area contributed by atoms with Crippen molar-refractivity contribution in [3.05, 3.63) is 95.3 Å². The number of hydrogen-bond donors (Lipinski definition) is 1. The molecular weight excluding hydrogens is 562 g/mol. The maximum Gasteiger partial charge on any atom is 0.416 e. The third-order valence-electron chi connectivity index (χ3n) is 5.95. The van der Waals surface area contributed by atoms with Gasteiger partial charge in [0.25, 0.3) is 0 Å². The number of alkyl halides is 3. The SMILES string of the molecule is CCOC(Cc1ccc(OCCN(CCOCc2ccc(F)cc2)C(=O)Oc2ccc(C(F)(F)F)cc2)cc1)C(=O)O. The van der Waals surface area contributed by atoms with Gasteiger partial charge in [0, 0.05) is 19.6 Å². The molecule has 0 aliphatic rings. The summed E-state index contributed by atoms with van der Waals surface area (Å²) in [5.74, 6) is -1.01. The highest BCUT2D eigenvalue weighted by Gasteiger charge is 2.30. The number of ether oxygens (including phenoxy) is 4. The number of halogens is 4. The molecule has 0 aliphatic carbocycles. The Bertz CT molecular complexity index is 1270. The number of rotatable bonds is 15. The number of carboxylic acid groups (broad SMARTS) is 1. The summed E-state index contributed by atoms with van der Waals surface area (Å²) >= 11 is 0. The summed E-state index contributed by atoms with van der Waals surface area (Å²) in [6.07, 6.45) is -6.11. The average Bonchev–Trinajstić information content (AvgIpc) is 2.95. The van der Waals surface area contributed by atoms with Crippen LogP contribution in [-0.2, 0) is 33.5 Å². The summed E-state index contributed by atoms with van der Waals surface area (Å²) < 4.78 is 73.5. The third-order valence-corrected chi connectivity index (χ3v) is 5.95. The minimum atomic E-state index is -4.52. The van der Waals surface area contributed by atoms with E-state index in [9.17, 15) is 32.3 Å². The van der Waals surface area contributed by atoms with Gasteiger partial charge >= 0.3 is 18.2 Å². The number of hydrogen-bond acceptors (Lipinski definition) is 6. The van der Waals surface area contributed by atoms with Gasteiger partial charge in [0.05, 0.1) is 25.3 Å². The Labute approximate surface area is 240 Å². The molecule has 226 valence electrons. The summed E-state index contributed by atoms with van der Waals surface area (Å²) in [4.78, 5) is 25.5. The van der Waals surface area contributed by atoms with Crippen molar-refractivity contribution in [2.24, 2.45) is 0 Å². The summed E-state index contributed by atoms with van der Waals surface area (Å²) in [5, 5.41) is 9.26. The topological polar surface area (TPSA) is 94.5 Å². The van der Waals surface area contributed by atoms with Crippen molar-refractivity contribution < 1.29 is 51.2 Å². The van der Waals surface area contributed by atoms with E-state index in [4.69, 9.17) is 18.9 Å². The Kier molecular flexibility index (Phi) is 12.1. The van der Waals surface area contributed by atoms with Gasteiger partial charge in [-0.2, -0.15) is 13.2 Å². The smallest absolute Gasteiger partial charge is 0.416 e. The van der Waals surface area contributed by atoms with Crippen molar-refractivity contribution in [3.63, 3.8) is 0 Å². The van der Waals surface area contributed by atoms with Gasteiger partial charge in [-0.05, 0) is 66.6 Å². The van der Waals surface area contributed by atoms with E-state index in [0.29, 0.717) is 5.75 Å². The summed E-state index contributed by atoms with van der Waals surface area (Å²) in [6.45, 7) is 2.45. The molecule has 3 aromatic rings. The Morgan fingerprint density at radius 2 is 1.45 bits per heavy atom. The molecule has 0 bridgehead atoms. The lowest BCUT2D eigenvalue weighted by Gasteiger charge is -2.22. The van der Waals surface area contributed by atoms with Crippen LogP contribution in [-0.4, -0.2) is 61.1 Å². The lowest BCUT2D eigenvalue weighted by atomic mass is 10.1. The largest absolute Gasteiger partial charge is 0.492 e. The molecule has 1 amide bonds. The summed E-state index contributed by atoms with van der Waals surface area (Å²) in [6, 6.07) is 16.3. The van der Waals surface area contributed by atoms with E-state index in [1.54, 1.807) is 43.3 Å². The maximum atomic E-state index is 13.1. The molecule has 0 saturated carbocycles. The molecule has 3 rings (SSSR count). The van der Waals surface area contributed by atoms with E-state index in [1.165, 1.54) is 17.0 Å². The molecule has 0 spiro atoms. The minimum absolute atomic E-state index is 0.0517. The number of amides is 1. The van der Waals surface area contributed by atoms with E-state index >= 15 is 0 Å². The number of nitrogens with zero attached hydrogens (tertiary/aromatic N) is 1. The zero-order chi connectivity index (χ0) is 30.5. The first kappa shape index (κ1) is 32.4. The Morgan fingerprint density at radius 1 is 0.857 bits per heavy atom. The van der Waals surface area contributed by atoms with Crippen molar-refractivity contribution in [3.8, 4) is 11.5 Å². The van der Waals surface area contributed by atoms with Crippen molar-refractivity contribution in [1.29, 1.82) is 0 Å². The first-order chi connectivity index (χ1) is 20.0. The fraction of sp³-hybridized carbons (Fsp3) is 0.333. The van der Waals surface area contributed by atoms with Crippen LogP contribution in [0.1, 0.15) is 23.6 Å². The fourth-order valence-corrected chi connectivity index (χ4v) is 3.75. The van der Waals surface area contributed by atoms with Crippen LogP contribution in [0.4, 0.5) is 22.4 Å². The number of carboxylic acids is 1. The second-order valence-corrected chi connectivity index (χ2v) is 9.03. The van der Waals surface area contributed by atoms with Gasteiger partial charge in [-0.1, -0.05) is 24.3 Å². The quantitative estimate of drug-likeness (QED) is 0.171. The van der Waals surface area contributed by atoms with Crippen LogP contribution >= 0.6 is 0 Å². The first-order valence-electron chi connectivity index (χ1n) is 13.1. The fourth-order valence-electron chi connectivity index (χ4n) is 3.75. The molecule has 42 heavy (non-hydrogen) atoms. The summed E-state index contributed by atoms with van der Waals surface area (Å²) in [7, 11) is 0. The standard InChI is InChI=1S/C30H31F4NO7/c1-2-40-27(28(36)37)19-21-5-11-25(12-6-21)41-18-16-35(15-17-39-20-22-3-9-24(31)10-4-22)29(38)42-26-13-7-23(8-14-26)30(32,33)34/h3-14,27H,2,15-20H2,1H3,(H,36,37). The van der Waals surface area contributed by atoms with Gasteiger partial charge in [-0.3, -0.25) is 0 Å². The Morgan fingerprint density at radius 3 is 2.05 bits per heavy atom. The molecule has 1 N–H and O–H groups in total. The van der Waals surface area contributed by atoms with Crippen molar-refractivity contribution in [2.75, 3.05) is 32.9 Å². The van der Waals surface area contributed by atoms with Gasteiger partial charge in [0.2, 0.25) is 0 Å². The van der Waals surface area contributed by atoms with Crippen molar-refractivity contribution in [2.45, 2.75) is 32.2 Å². The van der Waals surface area contributed by atoms with Gasteiger partial charge < -0.3 is 29.0 Å². The number of aliphatic carboxylic acids is 1. The molecule has 0 fully saturated rings. The average molecular weight is 594 g/mol. The van der Waals surface area contributed by atoms with E-state index in [0.717, 1.165) is 35.4 Å². The monoisotopic (exact) mass is 593 g/mol. The molecule has 3 aromatic carbocycles. The molecule has 0 aromatic heterocycles. The highest BCUT2D eigenvalue weighted by molar-refractivity contribution is 5.72. The van der Waals surface area contributed by atoms with Crippen LogP contribution in [0.5, 0.6) is 11.5 Å². The van der Waals surface area contributed by atoms with E-state index in [2.05, 4.69) is 0 Å². The molecule has 1 unspecified atom stereocenters. The minimum Gasteiger partial charge on any atom is -0.492 e. The van der Waals surface area contributed by atoms with Crippen LogP contribution in [0.25, 0.3) is 0 Å². The molecule has 0 radical (unpaired) electrons. The second kappa shape index (κ2) is 15.7. The zero-order valence-electron chi connectivity index (χ0n) is 22.8. The second-order valence-electron chi connectivity index (χ2n) is 9.03. The van der Waals surface area contributed by atoms with Crippen LogP contribution in [0.3, 0.4) is 0 Å². The number of carbonyl (C=O) groups excluding carboxylic acids is 1. The number of carbonyl (C=O) groups is 2. The normalized spacial score (nSPS) is 12.0. The van der Waals surface area contributed by atoms with Gasteiger partial charge in [0.1, 0.15) is 23.9 Å².